The van der Waals surface area contributed by atoms with Crippen molar-refractivity contribution in [3.63, 3.8) is 0 Å². The number of hydrogen-bond donors (Lipinski definition) is 1. The molecule has 1 aromatic rings. The van der Waals surface area contributed by atoms with Crippen molar-refractivity contribution in [2.24, 2.45) is 5.41 Å². The molecule has 0 bridgehead atoms. The quantitative estimate of drug-likeness (QED) is 0.888. The van der Waals surface area contributed by atoms with Crippen LogP contribution in [0.25, 0.3) is 0 Å². The van der Waals surface area contributed by atoms with Crippen molar-refractivity contribution in [3.05, 3.63) is 17.7 Å². The van der Waals surface area contributed by atoms with Gasteiger partial charge in [-0.3, -0.25) is 4.79 Å². The van der Waals surface area contributed by atoms with E-state index in [2.05, 4.69) is 0 Å². The normalized spacial score (nSPS) is 13.5. The number of ether oxygens (including phenoxy) is 3. The van der Waals surface area contributed by atoms with Crippen LogP contribution in [0.15, 0.2) is 12.1 Å². The van der Waals surface area contributed by atoms with Crippen molar-refractivity contribution >= 4 is 5.97 Å². The minimum atomic E-state index is -0.860. The molecule has 98 valence electrons. The molecule has 0 radical (unpaired) electrons. The molecular formula is C13H16O5. The third-order valence-corrected chi connectivity index (χ3v) is 2.99. The van der Waals surface area contributed by atoms with Crippen molar-refractivity contribution in [2.45, 2.75) is 20.3 Å². The van der Waals surface area contributed by atoms with Crippen LogP contribution in [0.2, 0.25) is 0 Å². The van der Waals surface area contributed by atoms with Crippen LogP contribution >= 0.6 is 0 Å². The summed E-state index contributed by atoms with van der Waals surface area (Å²) in [7, 11) is 1.55. The van der Waals surface area contributed by atoms with Gasteiger partial charge in [0.2, 0.25) is 6.79 Å². The van der Waals surface area contributed by atoms with Crippen molar-refractivity contribution < 1.29 is 24.1 Å². The van der Waals surface area contributed by atoms with Gasteiger partial charge in [-0.25, -0.2) is 0 Å². The van der Waals surface area contributed by atoms with Gasteiger partial charge in [-0.2, -0.15) is 0 Å². The summed E-state index contributed by atoms with van der Waals surface area (Å²) in [5.74, 6) is 1.03. The third kappa shape index (κ3) is 2.20. The summed E-state index contributed by atoms with van der Waals surface area (Å²) in [6, 6.07) is 3.52. The first-order valence-corrected chi connectivity index (χ1v) is 5.64. The number of carboxylic acid groups (broad SMARTS) is 1. The molecule has 0 saturated carbocycles. The van der Waals surface area contributed by atoms with E-state index in [4.69, 9.17) is 19.3 Å². The summed E-state index contributed by atoms with van der Waals surface area (Å²) in [4.78, 5) is 11.2. The maximum absolute atomic E-state index is 11.2. The topological polar surface area (TPSA) is 65.0 Å². The van der Waals surface area contributed by atoms with E-state index in [0.29, 0.717) is 23.7 Å². The fourth-order valence-electron chi connectivity index (χ4n) is 1.85. The highest BCUT2D eigenvalue weighted by Gasteiger charge is 2.30. The van der Waals surface area contributed by atoms with Crippen molar-refractivity contribution in [1.29, 1.82) is 0 Å². The van der Waals surface area contributed by atoms with Gasteiger partial charge in [-0.05, 0) is 31.9 Å². The molecule has 1 aliphatic heterocycles. The molecule has 5 nitrogen and oxygen atoms in total. The van der Waals surface area contributed by atoms with Gasteiger partial charge in [0, 0.05) is 6.07 Å². The average molecular weight is 252 g/mol. The van der Waals surface area contributed by atoms with Gasteiger partial charge in [0.1, 0.15) is 5.75 Å². The Morgan fingerprint density at radius 3 is 2.56 bits per heavy atom. The van der Waals surface area contributed by atoms with E-state index >= 15 is 0 Å². The summed E-state index contributed by atoms with van der Waals surface area (Å²) >= 11 is 0. The molecule has 1 aromatic carbocycles. The molecule has 0 amide bonds. The second kappa shape index (κ2) is 4.40. The third-order valence-electron chi connectivity index (χ3n) is 2.99. The van der Waals surface area contributed by atoms with Gasteiger partial charge >= 0.3 is 5.97 Å². The van der Waals surface area contributed by atoms with Crippen LogP contribution < -0.4 is 14.2 Å². The molecule has 0 spiro atoms. The lowest BCUT2D eigenvalue weighted by Crippen LogP contribution is -2.26. The van der Waals surface area contributed by atoms with Crippen LogP contribution in [-0.2, 0) is 11.2 Å². The monoisotopic (exact) mass is 252 g/mol. The number of carbonyl (C=O) groups is 1. The molecule has 1 N–H and O–H groups in total. The SMILES string of the molecule is COc1cc2c(cc1CC(C)(C)C(=O)O)OCO2. The number of benzene rings is 1. The van der Waals surface area contributed by atoms with E-state index in [-0.39, 0.29) is 6.79 Å². The zero-order chi connectivity index (χ0) is 13.3. The van der Waals surface area contributed by atoms with Crippen LogP contribution in [0, 0.1) is 5.41 Å². The first kappa shape index (κ1) is 12.5. The highest BCUT2D eigenvalue weighted by Crippen LogP contribution is 2.40. The molecule has 0 atom stereocenters. The Labute approximate surface area is 105 Å². The maximum Gasteiger partial charge on any atom is 0.309 e. The number of fused-ring (bicyclic) bond motifs is 1. The standard InChI is InChI=1S/C13H16O5/c1-13(2,12(14)15)6-8-4-10-11(18-7-17-10)5-9(8)16-3/h4-5H,6-7H2,1-3H3,(H,14,15). The number of aliphatic carboxylic acids is 1. The van der Waals surface area contributed by atoms with Gasteiger partial charge in [0.05, 0.1) is 12.5 Å². The highest BCUT2D eigenvalue weighted by atomic mass is 16.7. The lowest BCUT2D eigenvalue weighted by atomic mass is 9.85. The van der Waals surface area contributed by atoms with E-state index in [0.717, 1.165) is 5.56 Å². The van der Waals surface area contributed by atoms with Crippen molar-refractivity contribution in [1.82, 2.24) is 0 Å². The first-order valence-electron chi connectivity index (χ1n) is 5.64. The van der Waals surface area contributed by atoms with Crippen molar-refractivity contribution in [3.8, 4) is 17.2 Å². The van der Waals surface area contributed by atoms with Gasteiger partial charge in [-0.15, -0.1) is 0 Å². The van der Waals surface area contributed by atoms with Crippen LogP contribution in [0.1, 0.15) is 19.4 Å². The lowest BCUT2D eigenvalue weighted by Gasteiger charge is -2.20. The molecule has 0 aliphatic carbocycles. The first-order chi connectivity index (χ1) is 8.44. The van der Waals surface area contributed by atoms with Crippen LogP contribution in [0.5, 0.6) is 17.2 Å². The molecule has 5 heteroatoms. The van der Waals surface area contributed by atoms with Crippen molar-refractivity contribution in [2.75, 3.05) is 13.9 Å². The lowest BCUT2D eigenvalue weighted by molar-refractivity contribution is -0.146. The average Bonchev–Trinajstić information content (AvgIpc) is 2.74. The van der Waals surface area contributed by atoms with Gasteiger partial charge in [-0.1, -0.05) is 0 Å². The molecule has 0 fully saturated rings. The fraction of sp³-hybridized carbons (Fsp3) is 0.462. The minimum absolute atomic E-state index is 0.185. The van der Waals surface area contributed by atoms with Gasteiger partial charge in [0.15, 0.2) is 11.5 Å². The van der Waals surface area contributed by atoms with Crippen LogP contribution in [-0.4, -0.2) is 25.0 Å². The summed E-state index contributed by atoms with van der Waals surface area (Å²) in [5.41, 5.74) is -0.0600. The molecule has 0 saturated heterocycles. The summed E-state index contributed by atoms with van der Waals surface area (Å²) in [5, 5.41) is 9.16. The molecule has 18 heavy (non-hydrogen) atoms. The Morgan fingerprint density at radius 2 is 2.00 bits per heavy atom. The predicted octanol–water partition coefficient (Wildman–Crippen LogP) is 2.08. The summed E-state index contributed by atoms with van der Waals surface area (Å²) in [6.07, 6.45) is 0.363. The van der Waals surface area contributed by atoms with E-state index < -0.39 is 11.4 Å². The Balaban J connectivity index is 2.35. The number of methoxy groups -OCH3 is 1. The number of rotatable bonds is 4. The predicted molar refractivity (Wildman–Crippen MR) is 64.2 cm³/mol. The zero-order valence-corrected chi connectivity index (χ0v) is 10.6. The zero-order valence-electron chi connectivity index (χ0n) is 10.6. The second-order valence-corrected chi connectivity index (χ2v) is 4.88. The second-order valence-electron chi connectivity index (χ2n) is 4.88. The Kier molecular flexibility index (Phi) is 3.07. The number of carboxylic acids is 1. The molecule has 0 aromatic heterocycles. The minimum Gasteiger partial charge on any atom is -0.496 e. The number of hydrogen-bond acceptors (Lipinski definition) is 4. The van der Waals surface area contributed by atoms with E-state index in [1.165, 1.54) is 0 Å². The van der Waals surface area contributed by atoms with E-state index in [9.17, 15) is 4.79 Å². The Hall–Kier alpha value is -1.91. The molecule has 1 aliphatic rings. The summed E-state index contributed by atoms with van der Waals surface area (Å²) < 4.78 is 15.8. The highest BCUT2D eigenvalue weighted by molar-refractivity contribution is 5.74. The molecule has 2 rings (SSSR count). The summed E-state index contributed by atoms with van der Waals surface area (Å²) in [6.45, 7) is 3.54. The Bertz CT molecular complexity index is 479. The van der Waals surface area contributed by atoms with Crippen LogP contribution in [0.4, 0.5) is 0 Å². The molecule has 1 heterocycles. The maximum atomic E-state index is 11.2. The van der Waals surface area contributed by atoms with E-state index in [1.54, 1.807) is 33.1 Å². The molecular weight excluding hydrogens is 236 g/mol. The smallest absolute Gasteiger partial charge is 0.309 e. The fourth-order valence-corrected chi connectivity index (χ4v) is 1.85. The van der Waals surface area contributed by atoms with Gasteiger partial charge in [0.25, 0.3) is 0 Å². The van der Waals surface area contributed by atoms with E-state index in [1.807, 2.05) is 0 Å². The Morgan fingerprint density at radius 1 is 1.39 bits per heavy atom. The van der Waals surface area contributed by atoms with Crippen LogP contribution in [0.3, 0.4) is 0 Å². The molecule has 0 unspecified atom stereocenters. The largest absolute Gasteiger partial charge is 0.496 e. The van der Waals surface area contributed by atoms with Gasteiger partial charge < -0.3 is 19.3 Å².